The molecule has 5 rings (SSSR count). The molecule has 0 aliphatic heterocycles. The Morgan fingerprint density at radius 3 is 2.63 bits per heavy atom. The average Bonchev–Trinajstić information content (AvgIpc) is 3.20. The van der Waals surface area contributed by atoms with Crippen molar-refractivity contribution in [2.75, 3.05) is 19.0 Å². The van der Waals surface area contributed by atoms with Gasteiger partial charge in [0.2, 0.25) is 0 Å². The average molecular weight is 355 g/mol. The number of anilines is 1. The first-order valence-electron chi connectivity index (χ1n) is 9.86. The Bertz CT molecular complexity index is 1010. The molecule has 2 aromatic carbocycles. The van der Waals surface area contributed by atoms with Gasteiger partial charge in [-0.15, -0.1) is 0 Å². The number of hydrogen-bond acceptors (Lipinski definition) is 2. The summed E-state index contributed by atoms with van der Waals surface area (Å²) in [6.07, 6.45) is 10.7. The SMILES string of the molecule is CN(C)c1cccc2c1CCc1c-2ccc2c1C(Cc1ccco1)CC=C2. The van der Waals surface area contributed by atoms with Crippen molar-refractivity contribution in [2.24, 2.45) is 0 Å². The number of benzene rings is 2. The first kappa shape index (κ1) is 16.4. The Morgan fingerprint density at radius 2 is 1.81 bits per heavy atom. The minimum atomic E-state index is 0.504. The summed E-state index contributed by atoms with van der Waals surface area (Å²) in [5.74, 6) is 1.59. The third-order valence-electron chi connectivity index (χ3n) is 6.09. The van der Waals surface area contributed by atoms with Crippen LogP contribution in [0.1, 0.15) is 40.4 Å². The second-order valence-corrected chi connectivity index (χ2v) is 7.91. The molecule has 0 bridgehead atoms. The molecule has 0 saturated heterocycles. The molecule has 0 amide bonds. The number of furan rings is 1. The van der Waals surface area contributed by atoms with Crippen LogP contribution in [0.3, 0.4) is 0 Å². The maximum Gasteiger partial charge on any atom is 0.104 e. The van der Waals surface area contributed by atoms with Gasteiger partial charge in [0.05, 0.1) is 6.26 Å². The van der Waals surface area contributed by atoms with E-state index in [-0.39, 0.29) is 0 Å². The summed E-state index contributed by atoms with van der Waals surface area (Å²) in [4.78, 5) is 2.24. The van der Waals surface area contributed by atoms with Gasteiger partial charge in [0.15, 0.2) is 0 Å². The summed E-state index contributed by atoms with van der Waals surface area (Å²) >= 11 is 0. The fourth-order valence-corrected chi connectivity index (χ4v) is 4.92. The quantitative estimate of drug-likeness (QED) is 0.585. The highest BCUT2D eigenvalue weighted by Crippen LogP contribution is 2.44. The van der Waals surface area contributed by atoms with E-state index in [1.54, 1.807) is 17.4 Å². The summed E-state index contributed by atoms with van der Waals surface area (Å²) < 4.78 is 5.66. The van der Waals surface area contributed by atoms with Gasteiger partial charge in [-0.25, -0.2) is 0 Å². The fourth-order valence-electron chi connectivity index (χ4n) is 4.92. The molecule has 1 unspecified atom stereocenters. The van der Waals surface area contributed by atoms with E-state index in [4.69, 9.17) is 4.42 Å². The second-order valence-electron chi connectivity index (χ2n) is 7.91. The Morgan fingerprint density at radius 1 is 0.963 bits per heavy atom. The minimum absolute atomic E-state index is 0.504. The molecule has 1 heterocycles. The van der Waals surface area contributed by atoms with Gasteiger partial charge in [-0.3, -0.25) is 0 Å². The third kappa shape index (κ3) is 2.71. The predicted molar refractivity (Wildman–Crippen MR) is 112 cm³/mol. The van der Waals surface area contributed by atoms with Gasteiger partial charge in [-0.05, 0) is 76.8 Å². The summed E-state index contributed by atoms with van der Waals surface area (Å²) in [6.45, 7) is 0. The molecule has 3 aromatic rings. The smallest absolute Gasteiger partial charge is 0.104 e. The van der Waals surface area contributed by atoms with Gasteiger partial charge in [0.25, 0.3) is 0 Å². The Balaban J connectivity index is 1.64. The standard InChI is InChI=1S/C25H25NO/c1-26(2)24-10-4-9-20-21-12-11-17-6-3-7-18(16-19-8-5-15-27-19)25(17)23(21)14-13-22(20)24/h3-6,8-12,15,18H,7,13-14,16H2,1-2H3. The zero-order chi connectivity index (χ0) is 18.4. The van der Waals surface area contributed by atoms with Crippen molar-refractivity contribution in [1.82, 2.24) is 0 Å². The van der Waals surface area contributed by atoms with E-state index in [1.807, 2.05) is 6.07 Å². The first-order chi connectivity index (χ1) is 13.2. The van der Waals surface area contributed by atoms with Crippen LogP contribution in [-0.4, -0.2) is 14.1 Å². The minimum Gasteiger partial charge on any atom is -0.469 e. The van der Waals surface area contributed by atoms with Crippen molar-refractivity contribution in [3.05, 3.63) is 82.8 Å². The number of hydrogen-bond donors (Lipinski definition) is 0. The molecule has 0 radical (unpaired) electrons. The highest BCUT2D eigenvalue weighted by molar-refractivity contribution is 5.81. The van der Waals surface area contributed by atoms with Crippen LogP contribution in [-0.2, 0) is 19.3 Å². The summed E-state index contributed by atoms with van der Waals surface area (Å²) in [5.41, 5.74) is 10.2. The summed E-state index contributed by atoms with van der Waals surface area (Å²) in [6, 6.07) is 15.5. The van der Waals surface area contributed by atoms with Gasteiger partial charge >= 0.3 is 0 Å². The lowest BCUT2D eigenvalue weighted by molar-refractivity contribution is 0.484. The lowest BCUT2D eigenvalue weighted by atomic mass is 9.74. The lowest BCUT2D eigenvalue weighted by Crippen LogP contribution is -2.17. The Hall–Kier alpha value is -2.74. The Kier molecular flexibility index (Phi) is 3.93. The van der Waals surface area contributed by atoms with Crippen LogP contribution in [0.2, 0.25) is 0 Å². The normalized spacial score (nSPS) is 17.2. The van der Waals surface area contributed by atoms with Gasteiger partial charge in [0, 0.05) is 26.2 Å². The van der Waals surface area contributed by atoms with Gasteiger partial charge in [0.1, 0.15) is 5.76 Å². The summed E-state index contributed by atoms with van der Waals surface area (Å²) in [7, 11) is 4.28. The van der Waals surface area contributed by atoms with E-state index in [9.17, 15) is 0 Å². The Labute approximate surface area is 161 Å². The van der Waals surface area contributed by atoms with Crippen molar-refractivity contribution in [1.29, 1.82) is 0 Å². The van der Waals surface area contributed by atoms with Gasteiger partial charge < -0.3 is 9.32 Å². The monoisotopic (exact) mass is 355 g/mol. The van der Waals surface area contributed by atoms with Crippen LogP contribution in [0.25, 0.3) is 17.2 Å². The molecule has 0 saturated carbocycles. The molecular formula is C25H25NO. The summed E-state index contributed by atoms with van der Waals surface area (Å²) in [5, 5.41) is 0. The van der Waals surface area contributed by atoms with Crippen LogP contribution in [0.5, 0.6) is 0 Å². The van der Waals surface area contributed by atoms with Crippen LogP contribution in [0.4, 0.5) is 5.69 Å². The van der Waals surface area contributed by atoms with E-state index in [2.05, 4.69) is 67.5 Å². The van der Waals surface area contributed by atoms with Gasteiger partial charge in [-0.2, -0.15) is 0 Å². The van der Waals surface area contributed by atoms with Crippen LogP contribution in [0.15, 0.2) is 59.2 Å². The van der Waals surface area contributed by atoms with E-state index in [0.717, 1.165) is 31.4 Å². The second kappa shape index (κ2) is 6.45. The topological polar surface area (TPSA) is 16.4 Å². The highest BCUT2D eigenvalue weighted by atomic mass is 16.3. The van der Waals surface area contributed by atoms with Crippen molar-refractivity contribution < 1.29 is 4.42 Å². The lowest BCUT2D eigenvalue weighted by Gasteiger charge is -2.31. The molecule has 0 N–H and O–H groups in total. The highest BCUT2D eigenvalue weighted by Gasteiger charge is 2.27. The molecule has 2 nitrogen and oxygen atoms in total. The molecule has 1 aromatic heterocycles. The zero-order valence-electron chi connectivity index (χ0n) is 16.0. The maximum absolute atomic E-state index is 5.66. The predicted octanol–water partition coefficient (Wildman–Crippen LogP) is 5.85. The first-order valence-corrected chi connectivity index (χ1v) is 9.86. The van der Waals surface area contributed by atoms with Crippen LogP contribution in [0, 0.1) is 0 Å². The molecule has 0 fully saturated rings. The van der Waals surface area contributed by atoms with Crippen LogP contribution >= 0.6 is 0 Å². The molecule has 136 valence electrons. The largest absolute Gasteiger partial charge is 0.469 e. The van der Waals surface area contributed by atoms with Crippen molar-refractivity contribution >= 4 is 11.8 Å². The van der Waals surface area contributed by atoms with Crippen molar-refractivity contribution in [3.63, 3.8) is 0 Å². The molecule has 0 spiro atoms. The van der Waals surface area contributed by atoms with E-state index >= 15 is 0 Å². The third-order valence-corrected chi connectivity index (χ3v) is 6.09. The van der Waals surface area contributed by atoms with Gasteiger partial charge in [-0.1, -0.05) is 36.4 Å². The fraction of sp³-hybridized carbons (Fsp3) is 0.280. The number of allylic oxidation sites excluding steroid dienone is 1. The molecule has 2 heteroatoms. The number of nitrogens with zero attached hydrogens (tertiary/aromatic N) is 1. The van der Waals surface area contributed by atoms with Crippen molar-refractivity contribution in [3.8, 4) is 11.1 Å². The molecule has 27 heavy (non-hydrogen) atoms. The van der Waals surface area contributed by atoms with Crippen molar-refractivity contribution in [2.45, 2.75) is 31.6 Å². The molecule has 2 aliphatic rings. The molecular weight excluding hydrogens is 330 g/mol. The molecule has 1 atom stereocenters. The molecule has 2 aliphatic carbocycles. The maximum atomic E-state index is 5.66. The van der Waals surface area contributed by atoms with E-state index < -0.39 is 0 Å². The van der Waals surface area contributed by atoms with E-state index in [1.165, 1.54) is 27.9 Å². The number of fused-ring (bicyclic) bond motifs is 5. The zero-order valence-corrected chi connectivity index (χ0v) is 16.0. The van der Waals surface area contributed by atoms with Crippen LogP contribution < -0.4 is 4.90 Å². The van der Waals surface area contributed by atoms with E-state index in [0.29, 0.717) is 5.92 Å². The number of rotatable bonds is 3.